The zero-order chi connectivity index (χ0) is 21.7. The highest BCUT2D eigenvalue weighted by Gasteiger charge is 2.24. The molecule has 0 unspecified atom stereocenters. The van der Waals surface area contributed by atoms with Crippen molar-refractivity contribution in [1.82, 2.24) is 10.6 Å². The van der Waals surface area contributed by atoms with Crippen LogP contribution in [-0.4, -0.2) is 39.1 Å². The van der Waals surface area contributed by atoms with Gasteiger partial charge in [0.15, 0.2) is 0 Å². The third-order valence-electron chi connectivity index (χ3n) is 3.51. The summed E-state index contributed by atoms with van der Waals surface area (Å²) >= 11 is 1.03. The number of ether oxygens (including phenoxy) is 1. The Labute approximate surface area is 174 Å². The van der Waals surface area contributed by atoms with Crippen molar-refractivity contribution in [2.75, 3.05) is 17.8 Å². The van der Waals surface area contributed by atoms with Crippen molar-refractivity contribution in [2.45, 2.75) is 38.2 Å². The molecule has 0 spiro atoms. The molecule has 2 amide bonds. The van der Waals surface area contributed by atoms with Crippen LogP contribution in [0.3, 0.4) is 0 Å². The van der Waals surface area contributed by atoms with Crippen molar-refractivity contribution >= 4 is 39.0 Å². The van der Waals surface area contributed by atoms with Gasteiger partial charge in [0, 0.05) is 18.8 Å². The molecule has 158 valence electrons. The van der Waals surface area contributed by atoms with E-state index in [1.807, 2.05) is 6.92 Å². The topological polar surface area (TPSA) is 114 Å². The van der Waals surface area contributed by atoms with E-state index >= 15 is 0 Å². The lowest BCUT2D eigenvalue weighted by Crippen LogP contribution is -2.38. The number of sulfonamides is 1. The Morgan fingerprint density at radius 3 is 2.28 bits per heavy atom. The number of alkyl carbamates (subject to hydrolysis) is 1. The van der Waals surface area contributed by atoms with Crippen LogP contribution in [0.1, 0.15) is 36.0 Å². The second-order valence-electron chi connectivity index (χ2n) is 7.27. The molecule has 2 aromatic rings. The summed E-state index contributed by atoms with van der Waals surface area (Å²) < 4.78 is 32.9. The molecule has 0 aliphatic carbocycles. The van der Waals surface area contributed by atoms with Crippen molar-refractivity contribution in [3.8, 4) is 0 Å². The largest absolute Gasteiger partial charge is 0.444 e. The molecular weight excluding hydrogens is 414 g/mol. The summed E-state index contributed by atoms with van der Waals surface area (Å²) in [6, 6.07) is 8.27. The van der Waals surface area contributed by atoms with Crippen LogP contribution in [0.15, 0.2) is 40.6 Å². The minimum absolute atomic E-state index is 0.0712. The number of hydrogen-bond donors (Lipinski definition) is 3. The van der Waals surface area contributed by atoms with Gasteiger partial charge in [0.25, 0.3) is 15.9 Å². The number of amides is 2. The van der Waals surface area contributed by atoms with Gasteiger partial charge in [-0.05, 0) is 51.3 Å². The van der Waals surface area contributed by atoms with Gasteiger partial charge in [-0.3, -0.25) is 9.52 Å². The number of thiophene rings is 1. The summed E-state index contributed by atoms with van der Waals surface area (Å²) in [4.78, 5) is 24.0. The van der Waals surface area contributed by atoms with Crippen LogP contribution < -0.4 is 15.4 Å². The highest BCUT2D eigenvalue weighted by molar-refractivity contribution is 7.93. The molecule has 0 radical (unpaired) electrons. The number of carbonyl (C=O) groups is 2. The second-order valence-corrected chi connectivity index (χ2v) is 9.84. The Hall–Kier alpha value is -2.59. The lowest BCUT2D eigenvalue weighted by Gasteiger charge is -2.19. The fourth-order valence-electron chi connectivity index (χ4n) is 2.24. The Bertz CT molecular complexity index is 960. The maximum atomic E-state index is 12.7. The first-order valence-electron chi connectivity index (χ1n) is 8.90. The third-order valence-corrected chi connectivity index (χ3v) is 5.97. The number of anilines is 1. The highest BCUT2D eigenvalue weighted by Crippen LogP contribution is 2.24. The average Bonchev–Trinajstić information content (AvgIpc) is 3.10. The van der Waals surface area contributed by atoms with Gasteiger partial charge in [0.2, 0.25) is 0 Å². The molecule has 29 heavy (non-hydrogen) atoms. The molecule has 2 rings (SSSR count). The van der Waals surface area contributed by atoms with Gasteiger partial charge in [0.1, 0.15) is 15.4 Å². The molecule has 3 N–H and O–H groups in total. The van der Waals surface area contributed by atoms with Gasteiger partial charge >= 0.3 is 6.09 Å². The normalized spacial score (nSPS) is 11.6. The van der Waals surface area contributed by atoms with Crippen molar-refractivity contribution in [2.24, 2.45) is 0 Å². The van der Waals surface area contributed by atoms with E-state index in [9.17, 15) is 18.0 Å². The predicted molar refractivity (Wildman–Crippen MR) is 113 cm³/mol. The van der Waals surface area contributed by atoms with Gasteiger partial charge in [-0.2, -0.15) is 0 Å². The minimum Gasteiger partial charge on any atom is -0.444 e. The SMILES string of the molecule is Cc1ccc(NS(=O)(=O)c2ccsc2C(=O)NCCNC(=O)OC(C)(C)C)cc1. The van der Waals surface area contributed by atoms with E-state index in [2.05, 4.69) is 15.4 Å². The molecule has 1 aromatic carbocycles. The molecular formula is C19H25N3O5S2. The van der Waals surface area contributed by atoms with Crippen LogP contribution in [0, 0.1) is 6.92 Å². The Kier molecular flexibility index (Phi) is 7.26. The summed E-state index contributed by atoms with van der Waals surface area (Å²) in [6.07, 6.45) is -0.589. The number of carbonyl (C=O) groups excluding carboxylic acids is 2. The maximum Gasteiger partial charge on any atom is 0.407 e. The fraction of sp³-hybridized carbons (Fsp3) is 0.368. The van der Waals surface area contributed by atoms with Gasteiger partial charge < -0.3 is 15.4 Å². The van der Waals surface area contributed by atoms with Crippen LogP contribution in [0.5, 0.6) is 0 Å². The lowest BCUT2D eigenvalue weighted by molar-refractivity contribution is 0.0526. The van der Waals surface area contributed by atoms with E-state index < -0.39 is 27.6 Å². The molecule has 8 nitrogen and oxygen atoms in total. The second kappa shape index (κ2) is 9.27. The number of benzene rings is 1. The van der Waals surface area contributed by atoms with Crippen LogP contribution in [0.25, 0.3) is 0 Å². The number of aryl methyl sites for hydroxylation is 1. The summed E-state index contributed by atoms with van der Waals surface area (Å²) in [7, 11) is -3.91. The third kappa shape index (κ3) is 7.06. The monoisotopic (exact) mass is 439 g/mol. The van der Waals surface area contributed by atoms with Crippen LogP contribution in [0.4, 0.5) is 10.5 Å². The molecule has 1 heterocycles. The molecule has 0 saturated carbocycles. The van der Waals surface area contributed by atoms with E-state index in [1.54, 1.807) is 45.0 Å². The van der Waals surface area contributed by atoms with Crippen molar-refractivity contribution in [1.29, 1.82) is 0 Å². The van der Waals surface area contributed by atoms with Gasteiger partial charge in [-0.15, -0.1) is 11.3 Å². The summed E-state index contributed by atoms with van der Waals surface area (Å²) in [6.45, 7) is 7.42. The van der Waals surface area contributed by atoms with E-state index in [0.29, 0.717) is 5.69 Å². The Balaban J connectivity index is 1.95. The number of nitrogens with one attached hydrogen (secondary N) is 3. The molecule has 0 aliphatic rings. The van der Waals surface area contributed by atoms with Crippen LogP contribution in [0.2, 0.25) is 0 Å². The molecule has 0 atom stereocenters. The number of rotatable bonds is 7. The summed E-state index contributed by atoms with van der Waals surface area (Å²) in [5, 5.41) is 6.65. The summed E-state index contributed by atoms with van der Waals surface area (Å²) in [5.74, 6) is -0.532. The molecule has 10 heteroatoms. The van der Waals surface area contributed by atoms with Gasteiger partial charge in [-0.1, -0.05) is 17.7 Å². The average molecular weight is 440 g/mol. The summed E-state index contributed by atoms with van der Waals surface area (Å²) in [5.41, 5.74) is 0.802. The standard InChI is InChI=1S/C19H25N3O5S2/c1-13-5-7-14(8-6-13)22-29(25,26)15-9-12-28-16(15)17(23)20-10-11-21-18(24)27-19(2,3)4/h5-9,12,22H,10-11H2,1-4H3,(H,20,23)(H,21,24). The van der Waals surface area contributed by atoms with Crippen molar-refractivity contribution in [3.05, 3.63) is 46.2 Å². The first-order valence-corrected chi connectivity index (χ1v) is 11.3. The van der Waals surface area contributed by atoms with E-state index in [1.165, 1.54) is 11.4 Å². The van der Waals surface area contributed by atoms with Crippen LogP contribution >= 0.6 is 11.3 Å². The van der Waals surface area contributed by atoms with Gasteiger partial charge in [0.05, 0.1) is 0 Å². The first-order chi connectivity index (χ1) is 13.5. The molecule has 0 aliphatic heterocycles. The van der Waals surface area contributed by atoms with Crippen molar-refractivity contribution < 1.29 is 22.7 Å². The van der Waals surface area contributed by atoms with Crippen molar-refractivity contribution in [3.63, 3.8) is 0 Å². The fourth-order valence-corrected chi connectivity index (χ4v) is 4.64. The molecule has 1 aromatic heterocycles. The van der Waals surface area contributed by atoms with Crippen LogP contribution in [-0.2, 0) is 14.8 Å². The van der Waals surface area contributed by atoms with E-state index in [4.69, 9.17) is 4.74 Å². The highest BCUT2D eigenvalue weighted by atomic mass is 32.2. The molecule has 0 fully saturated rings. The quantitative estimate of drug-likeness (QED) is 0.574. The maximum absolute atomic E-state index is 12.7. The number of hydrogen-bond acceptors (Lipinski definition) is 6. The minimum atomic E-state index is -3.91. The van der Waals surface area contributed by atoms with E-state index in [-0.39, 0.29) is 22.9 Å². The van der Waals surface area contributed by atoms with Gasteiger partial charge in [-0.25, -0.2) is 13.2 Å². The predicted octanol–water partition coefficient (Wildman–Crippen LogP) is 3.11. The Morgan fingerprint density at radius 1 is 1.03 bits per heavy atom. The molecule has 0 bridgehead atoms. The molecule has 0 saturated heterocycles. The van der Waals surface area contributed by atoms with E-state index in [0.717, 1.165) is 16.9 Å². The Morgan fingerprint density at radius 2 is 1.66 bits per heavy atom. The zero-order valence-corrected chi connectivity index (χ0v) is 18.4. The zero-order valence-electron chi connectivity index (χ0n) is 16.7. The lowest BCUT2D eigenvalue weighted by atomic mass is 10.2. The first kappa shape index (κ1) is 22.7. The smallest absolute Gasteiger partial charge is 0.407 e.